The van der Waals surface area contributed by atoms with Gasteiger partial charge in [-0.3, -0.25) is 0 Å². The fourth-order valence-electron chi connectivity index (χ4n) is 1.50. The molecule has 0 saturated heterocycles. The van der Waals surface area contributed by atoms with Gasteiger partial charge in [-0.1, -0.05) is 15.9 Å². The predicted octanol–water partition coefficient (Wildman–Crippen LogP) is 7.30. The number of ether oxygens (including phenoxy) is 2. The smallest absolute Gasteiger partial charge is 0.184 e. The van der Waals surface area contributed by atoms with Crippen LogP contribution in [0, 0.1) is 0 Å². The van der Waals surface area contributed by atoms with Crippen LogP contribution in [0.5, 0.6) is 17.2 Å². The van der Waals surface area contributed by atoms with E-state index >= 15 is 0 Å². The van der Waals surface area contributed by atoms with E-state index in [1.54, 1.807) is 7.11 Å². The second-order valence-electron chi connectivity index (χ2n) is 3.69. The van der Waals surface area contributed by atoms with Gasteiger partial charge in [-0.15, -0.1) is 0 Å². The van der Waals surface area contributed by atoms with E-state index < -0.39 is 0 Å². The Labute approximate surface area is 158 Å². The van der Waals surface area contributed by atoms with Crippen molar-refractivity contribution in [3.8, 4) is 17.2 Å². The largest absolute Gasteiger partial charge is 0.492 e. The SMILES string of the molecule is COc1c(Br)c(Br)cc(Br)c1Oc1ccc(Br)cc1Br. The molecule has 2 nitrogen and oxygen atoms in total. The summed E-state index contributed by atoms with van der Waals surface area (Å²) in [6.45, 7) is 0. The molecule has 0 aromatic heterocycles. The lowest BCUT2D eigenvalue weighted by Crippen LogP contribution is -1.94. The summed E-state index contributed by atoms with van der Waals surface area (Å²) >= 11 is 17.3. The Bertz CT molecular complexity index is 658. The molecule has 0 spiro atoms. The molecule has 0 amide bonds. The minimum Gasteiger partial charge on any atom is -0.492 e. The quantitative estimate of drug-likeness (QED) is 0.347. The van der Waals surface area contributed by atoms with Crippen LogP contribution in [0.15, 0.2) is 46.6 Å². The zero-order chi connectivity index (χ0) is 14.9. The first-order valence-electron chi connectivity index (χ1n) is 5.28. The summed E-state index contributed by atoms with van der Waals surface area (Å²) in [5, 5.41) is 0. The maximum atomic E-state index is 5.96. The molecule has 2 rings (SSSR count). The van der Waals surface area contributed by atoms with Crippen molar-refractivity contribution >= 4 is 79.6 Å². The van der Waals surface area contributed by atoms with Crippen molar-refractivity contribution in [2.75, 3.05) is 7.11 Å². The molecule has 0 atom stereocenters. The van der Waals surface area contributed by atoms with Crippen LogP contribution in [0.2, 0.25) is 0 Å². The Morgan fingerprint density at radius 1 is 0.800 bits per heavy atom. The van der Waals surface area contributed by atoms with Gasteiger partial charge < -0.3 is 9.47 Å². The monoisotopic (exact) mass is 590 g/mol. The van der Waals surface area contributed by atoms with Gasteiger partial charge in [0.15, 0.2) is 11.5 Å². The van der Waals surface area contributed by atoms with Crippen molar-refractivity contribution in [2.24, 2.45) is 0 Å². The van der Waals surface area contributed by atoms with Crippen LogP contribution in [0.3, 0.4) is 0 Å². The first kappa shape index (κ1) is 16.8. The van der Waals surface area contributed by atoms with E-state index in [9.17, 15) is 0 Å². The molecule has 0 radical (unpaired) electrons. The highest BCUT2D eigenvalue weighted by molar-refractivity contribution is 9.13. The van der Waals surface area contributed by atoms with Gasteiger partial charge in [0.05, 0.1) is 20.5 Å². The molecule has 0 fully saturated rings. The average Bonchev–Trinajstić information content (AvgIpc) is 2.39. The maximum absolute atomic E-state index is 5.96. The summed E-state index contributed by atoms with van der Waals surface area (Å²) < 4.78 is 15.7. The highest BCUT2D eigenvalue weighted by Crippen LogP contribution is 2.47. The van der Waals surface area contributed by atoms with E-state index in [1.165, 1.54) is 0 Å². The topological polar surface area (TPSA) is 18.5 Å². The first-order chi connectivity index (χ1) is 9.43. The van der Waals surface area contributed by atoms with Crippen molar-refractivity contribution < 1.29 is 9.47 Å². The molecule has 0 bridgehead atoms. The van der Waals surface area contributed by atoms with Gasteiger partial charge >= 0.3 is 0 Å². The minimum absolute atomic E-state index is 0.602. The summed E-state index contributed by atoms with van der Waals surface area (Å²) in [5.74, 6) is 1.91. The summed E-state index contributed by atoms with van der Waals surface area (Å²) in [6, 6.07) is 7.60. The Kier molecular flexibility index (Phi) is 5.99. The van der Waals surface area contributed by atoms with E-state index in [1.807, 2.05) is 24.3 Å². The van der Waals surface area contributed by atoms with Gasteiger partial charge in [0.25, 0.3) is 0 Å². The summed E-state index contributed by atoms with van der Waals surface area (Å²) in [7, 11) is 1.60. The fraction of sp³-hybridized carbons (Fsp3) is 0.0769. The minimum atomic E-state index is 0.602. The van der Waals surface area contributed by atoms with Crippen molar-refractivity contribution in [2.45, 2.75) is 0 Å². The van der Waals surface area contributed by atoms with E-state index in [2.05, 4.69) is 79.6 Å². The molecule has 0 heterocycles. The van der Waals surface area contributed by atoms with Gasteiger partial charge in [-0.25, -0.2) is 0 Å². The van der Waals surface area contributed by atoms with Crippen LogP contribution in [-0.4, -0.2) is 7.11 Å². The van der Waals surface area contributed by atoms with Crippen LogP contribution in [0.1, 0.15) is 0 Å². The standard InChI is InChI=1S/C13H7Br5O2/c1-19-13-11(18)8(16)5-9(17)12(13)20-10-3-2-6(14)4-7(10)15/h2-5H,1H3. The van der Waals surface area contributed by atoms with Crippen LogP contribution in [-0.2, 0) is 0 Å². The second-order valence-corrected chi connectivity index (χ2v) is 7.97. The molecule has 0 aliphatic rings. The molecule has 106 valence electrons. The molecule has 2 aromatic carbocycles. The molecule has 0 aliphatic carbocycles. The fourth-order valence-corrected chi connectivity index (χ4v) is 4.29. The molecule has 0 N–H and O–H groups in total. The number of hydrogen-bond donors (Lipinski definition) is 0. The molecular formula is C13H7Br5O2. The average molecular weight is 595 g/mol. The molecule has 0 saturated carbocycles. The van der Waals surface area contributed by atoms with E-state index in [0.29, 0.717) is 17.2 Å². The third-order valence-corrected chi connectivity index (χ3v) is 6.04. The summed E-state index contributed by atoms with van der Waals surface area (Å²) in [4.78, 5) is 0. The predicted molar refractivity (Wildman–Crippen MR) is 98.0 cm³/mol. The van der Waals surface area contributed by atoms with Gasteiger partial charge in [-0.05, 0) is 88.0 Å². The van der Waals surface area contributed by atoms with Crippen LogP contribution >= 0.6 is 79.6 Å². The van der Waals surface area contributed by atoms with Crippen LogP contribution in [0.25, 0.3) is 0 Å². The molecule has 2 aromatic rings. The molecule has 0 unspecified atom stereocenters. The second kappa shape index (κ2) is 7.13. The molecular weight excluding hydrogens is 588 g/mol. The lowest BCUT2D eigenvalue weighted by Gasteiger charge is -2.15. The van der Waals surface area contributed by atoms with Crippen LogP contribution in [0.4, 0.5) is 0 Å². The van der Waals surface area contributed by atoms with Crippen molar-refractivity contribution in [1.82, 2.24) is 0 Å². The van der Waals surface area contributed by atoms with Gasteiger partial charge in [-0.2, -0.15) is 0 Å². The lowest BCUT2D eigenvalue weighted by atomic mass is 10.3. The van der Waals surface area contributed by atoms with Gasteiger partial charge in [0.1, 0.15) is 5.75 Å². The van der Waals surface area contributed by atoms with Crippen molar-refractivity contribution in [1.29, 1.82) is 0 Å². The lowest BCUT2D eigenvalue weighted by molar-refractivity contribution is 0.374. The number of hydrogen-bond acceptors (Lipinski definition) is 2. The van der Waals surface area contributed by atoms with E-state index in [0.717, 1.165) is 22.4 Å². The Balaban J connectivity index is 2.50. The highest BCUT2D eigenvalue weighted by Gasteiger charge is 2.18. The summed E-state index contributed by atoms with van der Waals surface area (Å²) in [5.41, 5.74) is 0. The zero-order valence-electron chi connectivity index (χ0n) is 10.0. The van der Waals surface area contributed by atoms with E-state index in [-0.39, 0.29) is 0 Å². The maximum Gasteiger partial charge on any atom is 0.184 e. The molecule has 7 heteroatoms. The first-order valence-corrected chi connectivity index (χ1v) is 9.25. The third kappa shape index (κ3) is 3.61. The third-order valence-electron chi connectivity index (χ3n) is 2.40. The van der Waals surface area contributed by atoms with Gasteiger partial charge in [0, 0.05) is 8.95 Å². The van der Waals surface area contributed by atoms with Crippen molar-refractivity contribution in [3.05, 3.63) is 46.6 Å². The number of halogens is 5. The highest BCUT2D eigenvalue weighted by atomic mass is 79.9. The van der Waals surface area contributed by atoms with Gasteiger partial charge in [0.2, 0.25) is 0 Å². The number of methoxy groups -OCH3 is 1. The summed E-state index contributed by atoms with van der Waals surface area (Å²) in [6.07, 6.45) is 0. The Morgan fingerprint density at radius 3 is 2.10 bits per heavy atom. The molecule has 0 aliphatic heterocycles. The normalized spacial score (nSPS) is 10.5. The van der Waals surface area contributed by atoms with Crippen molar-refractivity contribution in [3.63, 3.8) is 0 Å². The number of benzene rings is 2. The van der Waals surface area contributed by atoms with Crippen LogP contribution < -0.4 is 9.47 Å². The Morgan fingerprint density at radius 2 is 1.50 bits per heavy atom. The Hall–Kier alpha value is 0.440. The molecule has 20 heavy (non-hydrogen) atoms. The van der Waals surface area contributed by atoms with E-state index in [4.69, 9.17) is 9.47 Å². The zero-order valence-corrected chi connectivity index (χ0v) is 17.9. The number of rotatable bonds is 3.